The first-order valence-electron chi connectivity index (χ1n) is 6.67. The number of rotatable bonds is 7. The van der Waals surface area contributed by atoms with Crippen LogP contribution in [0.25, 0.3) is 0 Å². The summed E-state index contributed by atoms with van der Waals surface area (Å²) in [7, 11) is 1.73. The largest absolute Gasteiger partial charge is 0.388 e. The molecular formula is C15H25NO2. The standard InChI is InChI=1S/C15H25NO2/c1-5-15(17)13-7-9-14(10-8-13)16(6-2)12(3)11-18-4/h7-10,12,15,17H,5-6,11H2,1-4H3. The molecule has 0 amide bonds. The van der Waals surface area contributed by atoms with Gasteiger partial charge in [0.2, 0.25) is 0 Å². The van der Waals surface area contributed by atoms with E-state index in [2.05, 4.69) is 30.9 Å². The highest BCUT2D eigenvalue weighted by molar-refractivity contribution is 5.48. The topological polar surface area (TPSA) is 32.7 Å². The van der Waals surface area contributed by atoms with E-state index in [0.29, 0.717) is 12.6 Å². The fourth-order valence-electron chi connectivity index (χ4n) is 2.20. The zero-order valence-electron chi connectivity index (χ0n) is 11.9. The van der Waals surface area contributed by atoms with E-state index in [0.717, 1.165) is 18.5 Å². The maximum Gasteiger partial charge on any atom is 0.0787 e. The van der Waals surface area contributed by atoms with Crippen LogP contribution in [0.3, 0.4) is 0 Å². The summed E-state index contributed by atoms with van der Waals surface area (Å²) in [5, 5.41) is 9.78. The molecule has 2 unspecified atom stereocenters. The van der Waals surface area contributed by atoms with Crippen LogP contribution in [0.4, 0.5) is 5.69 Å². The lowest BCUT2D eigenvalue weighted by Crippen LogP contribution is -2.36. The van der Waals surface area contributed by atoms with E-state index in [1.165, 1.54) is 5.69 Å². The van der Waals surface area contributed by atoms with Crippen molar-refractivity contribution in [2.24, 2.45) is 0 Å². The van der Waals surface area contributed by atoms with Crippen LogP contribution in [0.2, 0.25) is 0 Å². The minimum atomic E-state index is -0.356. The first-order chi connectivity index (χ1) is 8.63. The molecule has 0 aliphatic heterocycles. The SMILES string of the molecule is CCC(O)c1ccc(N(CC)C(C)COC)cc1. The Labute approximate surface area is 110 Å². The second kappa shape index (κ2) is 7.39. The lowest BCUT2D eigenvalue weighted by Gasteiger charge is -2.30. The van der Waals surface area contributed by atoms with E-state index in [9.17, 15) is 5.11 Å². The van der Waals surface area contributed by atoms with Crippen LogP contribution in [0, 0.1) is 0 Å². The molecule has 0 fully saturated rings. The third-order valence-electron chi connectivity index (χ3n) is 3.28. The summed E-state index contributed by atoms with van der Waals surface area (Å²) >= 11 is 0. The third kappa shape index (κ3) is 3.72. The van der Waals surface area contributed by atoms with Gasteiger partial charge in [0.15, 0.2) is 0 Å². The van der Waals surface area contributed by atoms with Crippen molar-refractivity contribution in [3.05, 3.63) is 29.8 Å². The molecule has 0 saturated carbocycles. The lowest BCUT2D eigenvalue weighted by atomic mass is 10.1. The molecule has 102 valence electrons. The number of aliphatic hydroxyl groups excluding tert-OH is 1. The molecule has 1 rings (SSSR count). The zero-order chi connectivity index (χ0) is 13.5. The molecule has 0 aliphatic carbocycles. The van der Waals surface area contributed by atoms with Crippen LogP contribution in [-0.4, -0.2) is 31.4 Å². The number of likely N-dealkylation sites (N-methyl/N-ethyl adjacent to an activating group) is 1. The Morgan fingerprint density at radius 3 is 2.28 bits per heavy atom. The molecular weight excluding hydrogens is 226 g/mol. The second-order valence-corrected chi connectivity index (χ2v) is 4.61. The van der Waals surface area contributed by atoms with Crippen molar-refractivity contribution in [1.82, 2.24) is 0 Å². The van der Waals surface area contributed by atoms with E-state index < -0.39 is 0 Å². The number of aliphatic hydroxyl groups is 1. The Kier molecular flexibility index (Phi) is 6.16. The zero-order valence-corrected chi connectivity index (χ0v) is 11.9. The van der Waals surface area contributed by atoms with Crippen LogP contribution in [0.1, 0.15) is 38.9 Å². The Morgan fingerprint density at radius 2 is 1.83 bits per heavy atom. The van der Waals surface area contributed by atoms with E-state index in [1.807, 2.05) is 19.1 Å². The monoisotopic (exact) mass is 251 g/mol. The number of anilines is 1. The van der Waals surface area contributed by atoms with Gasteiger partial charge in [0.1, 0.15) is 0 Å². The van der Waals surface area contributed by atoms with Crippen molar-refractivity contribution < 1.29 is 9.84 Å². The van der Waals surface area contributed by atoms with Crippen LogP contribution in [0.5, 0.6) is 0 Å². The molecule has 0 heterocycles. The van der Waals surface area contributed by atoms with Crippen LogP contribution in [-0.2, 0) is 4.74 Å². The van der Waals surface area contributed by atoms with Gasteiger partial charge in [-0.25, -0.2) is 0 Å². The highest BCUT2D eigenvalue weighted by atomic mass is 16.5. The van der Waals surface area contributed by atoms with Crippen molar-refractivity contribution in [2.75, 3.05) is 25.2 Å². The van der Waals surface area contributed by atoms with Crippen LogP contribution >= 0.6 is 0 Å². The molecule has 3 nitrogen and oxygen atoms in total. The highest BCUT2D eigenvalue weighted by Crippen LogP contribution is 2.22. The summed E-state index contributed by atoms with van der Waals surface area (Å²) in [6.45, 7) is 7.94. The predicted molar refractivity (Wildman–Crippen MR) is 76.1 cm³/mol. The van der Waals surface area contributed by atoms with Gasteiger partial charge in [0.25, 0.3) is 0 Å². The number of nitrogens with zero attached hydrogens (tertiary/aromatic N) is 1. The number of hydrogen-bond donors (Lipinski definition) is 1. The molecule has 18 heavy (non-hydrogen) atoms. The van der Waals surface area contributed by atoms with Crippen molar-refractivity contribution in [3.63, 3.8) is 0 Å². The molecule has 0 spiro atoms. The molecule has 0 radical (unpaired) electrons. The first kappa shape index (κ1) is 15.0. The molecule has 1 aromatic rings. The Hall–Kier alpha value is -1.06. The first-order valence-corrected chi connectivity index (χ1v) is 6.67. The molecule has 1 aromatic carbocycles. The summed E-state index contributed by atoms with van der Waals surface area (Å²) in [5.74, 6) is 0. The normalized spacial score (nSPS) is 14.3. The number of hydrogen-bond acceptors (Lipinski definition) is 3. The van der Waals surface area contributed by atoms with Gasteiger partial charge >= 0.3 is 0 Å². The predicted octanol–water partition coefficient (Wildman–Crippen LogP) is 2.99. The van der Waals surface area contributed by atoms with Crippen molar-refractivity contribution in [3.8, 4) is 0 Å². The van der Waals surface area contributed by atoms with Crippen LogP contribution < -0.4 is 4.90 Å². The smallest absolute Gasteiger partial charge is 0.0787 e. The number of ether oxygens (including phenoxy) is 1. The summed E-state index contributed by atoms with van der Waals surface area (Å²) in [6.07, 6.45) is 0.391. The highest BCUT2D eigenvalue weighted by Gasteiger charge is 2.13. The summed E-state index contributed by atoms with van der Waals surface area (Å²) in [6, 6.07) is 8.51. The van der Waals surface area contributed by atoms with E-state index >= 15 is 0 Å². The molecule has 2 atom stereocenters. The Balaban J connectivity index is 2.81. The van der Waals surface area contributed by atoms with E-state index in [-0.39, 0.29) is 6.10 Å². The Bertz CT molecular complexity index is 337. The quantitative estimate of drug-likeness (QED) is 0.808. The summed E-state index contributed by atoms with van der Waals surface area (Å²) in [5.41, 5.74) is 2.16. The minimum absolute atomic E-state index is 0.349. The average molecular weight is 251 g/mol. The van der Waals surface area contributed by atoms with Gasteiger partial charge in [-0.1, -0.05) is 19.1 Å². The van der Waals surface area contributed by atoms with Crippen molar-refractivity contribution >= 4 is 5.69 Å². The minimum Gasteiger partial charge on any atom is -0.388 e. The van der Waals surface area contributed by atoms with E-state index in [4.69, 9.17) is 4.74 Å². The molecule has 0 saturated heterocycles. The van der Waals surface area contributed by atoms with Gasteiger partial charge in [-0.15, -0.1) is 0 Å². The number of benzene rings is 1. The lowest BCUT2D eigenvalue weighted by molar-refractivity contribution is 0.173. The van der Waals surface area contributed by atoms with E-state index in [1.54, 1.807) is 7.11 Å². The van der Waals surface area contributed by atoms with Crippen molar-refractivity contribution in [1.29, 1.82) is 0 Å². The Morgan fingerprint density at radius 1 is 1.22 bits per heavy atom. The van der Waals surface area contributed by atoms with Gasteiger partial charge < -0.3 is 14.7 Å². The average Bonchev–Trinajstić information content (AvgIpc) is 2.40. The van der Waals surface area contributed by atoms with Gasteiger partial charge in [-0.3, -0.25) is 0 Å². The van der Waals surface area contributed by atoms with Crippen LogP contribution in [0.15, 0.2) is 24.3 Å². The maximum absolute atomic E-state index is 9.78. The fourth-order valence-corrected chi connectivity index (χ4v) is 2.20. The molecule has 0 aromatic heterocycles. The second-order valence-electron chi connectivity index (χ2n) is 4.61. The number of methoxy groups -OCH3 is 1. The maximum atomic E-state index is 9.78. The molecule has 0 aliphatic rings. The van der Waals surface area contributed by atoms with Crippen molar-refractivity contribution in [2.45, 2.75) is 39.3 Å². The molecule has 1 N–H and O–H groups in total. The van der Waals surface area contributed by atoms with Gasteiger partial charge in [-0.05, 0) is 38.0 Å². The summed E-state index contributed by atoms with van der Waals surface area (Å²) in [4.78, 5) is 2.30. The molecule has 3 heteroatoms. The molecule has 0 bridgehead atoms. The van der Waals surface area contributed by atoms with Gasteiger partial charge in [0.05, 0.1) is 12.7 Å². The third-order valence-corrected chi connectivity index (χ3v) is 3.28. The fraction of sp³-hybridized carbons (Fsp3) is 0.600. The van der Waals surface area contributed by atoms with Gasteiger partial charge in [-0.2, -0.15) is 0 Å². The summed E-state index contributed by atoms with van der Waals surface area (Å²) < 4.78 is 5.21. The van der Waals surface area contributed by atoms with Gasteiger partial charge in [0, 0.05) is 25.4 Å².